The van der Waals surface area contributed by atoms with Crippen molar-refractivity contribution in [3.05, 3.63) is 16.3 Å². The van der Waals surface area contributed by atoms with E-state index < -0.39 is 4.92 Å². The van der Waals surface area contributed by atoms with Crippen molar-refractivity contribution in [1.82, 2.24) is 14.9 Å². The fourth-order valence-electron chi connectivity index (χ4n) is 1.38. The summed E-state index contributed by atoms with van der Waals surface area (Å²) in [6.45, 7) is 3.75. The Kier molecular flexibility index (Phi) is 5.94. The van der Waals surface area contributed by atoms with Crippen molar-refractivity contribution in [3.63, 3.8) is 0 Å². The number of aromatic nitrogens is 2. The summed E-state index contributed by atoms with van der Waals surface area (Å²) < 4.78 is 5.38. The molecule has 8 heteroatoms. The van der Waals surface area contributed by atoms with Crippen molar-refractivity contribution in [2.45, 2.75) is 13.3 Å². The maximum atomic E-state index is 10.8. The standard InChI is InChI=1S/C11H19N5O3/c1-4-12-11-13-8-9(16(17)18)10(14-11)19-7-5-6-15(2)3/h8H,4-7H2,1-3H3,(H,12,13,14). The van der Waals surface area contributed by atoms with E-state index in [1.54, 1.807) is 0 Å². The van der Waals surface area contributed by atoms with Gasteiger partial charge in [-0.25, -0.2) is 4.98 Å². The minimum Gasteiger partial charge on any atom is -0.473 e. The Morgan fingerprint density at radius 2 is 2.26 bits per heavy atom. The van der Waals surface area contributed by atoms with E-state index >= 15 is 0 Å². The van der Waals surface area contributed by atoms with E-state index in [-0.39, 0.29) is 11.6 Å². The molecule has 0 aliphatic heterocycles. The molecule has 0 spiro atoms. The number of anilines is 1. The highest BCUT2D eigenvalue weighted by Gasteiger charge is 2.18. The molecular weight excluding hydrogens is 250 g/mol. The van der Waals surface area contributed by atoms with Gasteiger partial charge in [-0.1, -0.05) is 0 Å². The van der Waals surface area contributed by atoms with Crippen molar-refractivity contribution in [2.24, 2.45) is 0 Å². The van der Waals surface area contributed by atoms with Gasteiger partial charge in [0.25, 0.3) is 5.88 Å². The van der Waals surface area contributed by atoms with E-state index in [4.69, 9.17) is 4.74 Å². The molecule has 0 fully saturated rings. The fraction of sp³-hybridized carbons (Fsp3) is 0.636. The molecule has 0 radical (unpaired) electrons. The third-order valence-corrected chi connectivity index (χ3v) is 2.26. The average Bonchev–Trinajstić information content (AvgIpc) is 2.34. The molecular formula is C11H19N5O3. The van der Waals surface area contributed by atoms with Gasteiger partial charge in [0.1, 0.15) is 6.20 Å². The quantitative estimate of drug-likeness (QED) is 0.429. The Balaban J connectivity index is 2.71. The van der Waals surface area contributed by atoms with Crippen molar-refractivity contribution < 1.29 is 9.66 Å². The summed E-state index contributed by atoms with van der Waals surface area (Å²) in [7, 11) is 3.91. The van der Waals surface area contributed by atoms with Gasteiger partial charge in [-0.2, -0.15) is 4.98 Å². The van der Waals surface area contributed by atoms with Crippen LogP contribution in [0, 0.1) is 10.1 Å². The average molecular weight is 269 g/mol. The van der Waals surface area contributed by atoms with Crippen LogP contribution in [0.15, 0.2) is 6.20 Å². The van der Waals surface area contributed by atoms with Crippen molar-refractivity contribution in [2.75, 3.05) is 39.1 Å². The molecule has 0 aliphatic rings. The van der Waals surface area contributed by atoms with Crippen LogP contribution in [-0.2, 0) is 0 Å². The zero-order valence-electron chi connectivity index (χ0n) is 11.4. The predicted octanol–water partition coefficient (Wildman–Crippen LogP) is 1.15. The monoisotopic (exact) mass is 269 g/mol. The molecule has 8 nitrogen and oxygen atoms in total. The number of nitro groups is 1. The van der Waals surface area contributed by atoms with Crippen molar-refractivity contribution in [3.8, 4) is 5.88 Å². The summed E-state index contributed by atoms with van der Waals surface area (Å²) in [6, 6.07) is 0. The molecule has 0 amide bonds. The summed E-state index contributed by atoms with van der Waals surface area (Å²) >= 11 is 0. The minimum absolute atomic E-state index is 0.00899. The van der Waals surface area contributed by atoms with E-state index in [2.05, 4.69) is 15.3 Å². The van der Waals surface area contributed by atoms with Gasteiger partial charge in [0.2, 0.25) is 5.95 Å². The zero-order chi connectivity index (χ0) is 14.3. The van der Waals surface area contributed by atoms with Gasteiger partial charge in [0.05, 0.1) is 11.5 Å². The molecule has 0 aromatic carbocycles. The smallest absolute Gasteiger partial charge is 0.349 e. The molecule has 19 heavy (non-hydrogen) atoms. The second-order valence-corrected chi connectivity index (χ2v) is 4.18. The molecule has 0 saturated carbocycles. The Labute approximate surface area is 112 Å². The van der Waals surface area contributed by atoms with Crippen LogP contribution in [0.4, 0.5) is 11.6 Å². The van der Waals surface area contributed by atoms with E-state index in [0.29, 0.717) is 19.1 Å². The molecule has 1 rings (SSSR count). The number of hydrogen-bond donors (Lipinski definition) is 1. The first-order valence-corrected chi connectivity index (χ1v) is 6.07. The molecule has 0 unspecified atom stereocenters. The number of rotatable bonds is 8. The lowest BCUT2D eigenvalue weighted by molar-refractivity contribution is -0.386. The SMILES string of the molecule is CCNc1ncc([N+](=O)[O-])c(OCCCN(C)C)n1. The Hall–Kier alpha value is -1.96. The van der Waals surface area contributed by atoms with Crippen LogP contribution in [0.5, 0.6) is 5.88 Å². The summed E-state index contributed by atoms with van der Waals surface area (Å²) in [5.41, 5.74) is -0.216. The molecule has 1 aromatic rings. The molecule has 0 bridgehead atoms. The summed E-state index contributed by atoms with van der Waals surface area (Å²) in [4.78, 5) is 20.2. The largest absolute Gasteiger partial charge is 0.473 e. The topological polar surface area (TPSA) is 93.4 Å². The molecule has 1 N–H and O–H groups in total. The van der Waals surface area contributed by atoms with Gasteiger partial charge in [-0.15, -0.1) is 0 Å². The lowest BCUT2D eigenvalue weighted by atomic mass is 10.4. The first-order chi connectivity index (χ1) is 9.04. The van der Waals surface area contributed by atoms with Gasteiger partial charge in [0.15, 0.2) is 0 Å². The van der Waals surface area contributed by atoms with Crippen molar-refractivity contribution >= 4 is 11.6 Å². The van der Waals surface area contributed by atoms with Crippen LogP contribution in [0.25, 0.3) is 0 Å². The second-order valence-electron chi connectivity index (χ2n) is 4.18. The van der Waals surface area contributed by atoms with E-state index in [9.17, 15) is 10.1 Å². The normalized spacial score (nSPS) is 10.5. The first-order valence-electron chi connectivity index (χ1n) is 6.07. The molecule has 0 aliphatic carbocycles. The maximum absolute atomic E-state index is 10.8. The van der Waals surface area contributed by atoms with Gasteiger partial charge in [0, 0.05) is 13.1 Å². The highest BCUT2D eigenvalue weighted by Crippen LogP contribution is 2.24. The van der Waals surface area contributed by atoms with Crippen LogP contribution >= 0.6 is 0 Å². The van der Waals surface area contributed by atoms with Crippen LogP contribution < -0.4 is 10.1 Å². The van der Waals surface area contributed by atoms with E-state index in [0.717, 1.165) is 19.2 Å². The maximum Gasteiger partial charge on any atom is 0.349 e. The second kappa shape index (κ2) is 7.47. The number of nitrogens with zero attached hydrogens (tertiary/aromatic N) is 4. The van der Waals surface area contributed by atoms with Gasteiger partial charge < -0.3 is 15.0 Å². The van der Waals surface area contributed by atoms with Crippen LogP contribution in [0.3, 0.4) is 0 Å². The summed E-state index contributed by atoms with van der Waals surface area (Å²) in [5, 5.41) is 13.7. The Morgan fingerprint density at radius 1 is 1.53 bits per heavy atom. The van der Waals surface area contributed by atoms with Crippen LogP contribution in [0.2, 0.25) is 0 Å². The number of nitrogens with one attached hydrogen (secondary N) is 1. The van der Waals surface area contributed by atoms with Crippen molar-refractivity contribution in [1.29, 1.82) is 0 Å². The third kappa shape index (κ3) is 5.04. The predicted molar refractivity (Wildman–Crippen MR) is 71.5 cm³/mol. The van der Waals surface area contributed by atoms with Gasteiger partial charge in [-0.3, -0.25) is 10.1 Å². The Morgan fingerprint density at radius 3 is 2.84 bits per heavy atom. The first kappa shape index (κ1) is 15.1. The summed E-state index contributed by atoms with van der Waals surface area (Å²) in [6.07, 6.45) is 1.93. The van der Waals surface area contributed by atoms with Gasteiger partial charge in [-0.05, 0) is 27.4 Å². The van der Waals surface area contributed by atoms with Crippen LogP contribution in [-0.4, -0.2) is 53.6 Å². The molecule has 106 valence electrons. The molecule has 0 saturated heterocycles. The lowest BCUT2D eigenvalue weighted by Gasteiger charge is -2.10. The minimum atomic E-state index is -0.545. The third-order valence-electron chi connectivity index (χ3n) is 2.26. The van der Waals surface area contributed by atoms with Gasteiger partial charge >= 0.3 is 5.69 Å². The summed E-state index contributed by atoms with van der Waals surface area (Å²) in [5.74, 6) is 0.338. The van der Waals surface area contributed by atoms with E-state index in [1.807, 2.05) is 25.9 Å². The highest BCUT2D eigenvalue weighted by molar-refractivity contribution is 5.43. The molecule has 1 aromatic heterocycles. The fourth-order valence-corrected chi connectivity index (χ4v) is 1.38. The lowest BCUT2D eigenvalue weighted by Crippen LogP contribution is -2.16. The zero-order valence-corrected chi connectivity index (χ0v) is 11.4. The van der Waals surface area contributed by atoms with E-state index in [1.165, 1.54) is 0 Å². The Bertz CT molecular complexity index is 425. The number of ether oxygens (including phenoxy) is 1. The highest BCUT2D eigenvalue weighted by atomic mass is 16.6. The number of hydrogen-bond acceptors (Lipinski definition) is 7. The molecule has 0 atom stereocenters. The van der Waals surface area contributed by atoms with Crippen LogP contribution in [0.1, 0.15) is 13.3 Å². The molecule has 1 heterocycles.